The first-order chi connectivity index (χ1) is 19.5. The van der Waals surface area contributed by atoms with Crippen LogP contribution in [0, 0.1) is 40.4 Å². The maximum Gasteiger partial charge on any atom is 0.261 e. The summed E-state index contributed by atoms with van der Waals surface area (Å²) in [5.41, 5.74) is 0.945. The highest BCUT2D eigenvalue weighted by Gasteiger charge is 2.60. The minimum atomic E-state index is -2.51. The lowest BCUT2D eigenvalue weighted by Gasteiger charge is -2.61. The van der Waals surface area contributed by atoms with Gasteiger partial charge < -0.3 is 4.43 Å². The molecule has 4 saturated carbocycles. The number of fused-ring (bicyclic) bond motifs is 5. The molecule has 3 unspecified atom stereocenters. The maximum atomic E-state index is 7.71. The summed E-state index contributed by atoms with van der Waals surface area (Å²) in [6.45, 7) is 12.6. The predicted molar refractivity (Wildman–Crippen MR) is 184 cm³/mol. The second-order valence-electron chi connectivity index (χ2n) is 15.5. The highest BCUT2D eigenvalue weighted by Crippen LogP contribution is 2.68. The summed E-state index contributed by atoms with van der Waals surface area (Å²) in [7, 11) is -2.51. The first-order valence-electron chi connectivity index (χ1n) is 16.3. The summed E-state index contributed by atoms with van der Waals surface area (Å²) in [5, 5.41) is 2.88. The van der Waals surface area contributed by atoms with Gasteiger partial charge in [0.1, 0.15) is 0 Å². The van der Waals surface area contributed by atoms with Gasteiger partial charge in [-0.1, -0.05) is 101 Å². The van der Waals surface area contributed by atoms with Gasteiger partial charge in [0.2, 0.25) is 0 Å². The van der Waals surface area contributed by atoms with E-state index < -0.39 is 8.32 Å². The van der Waals surface area contributed by atoms with Gasteiger partial charge in [0.05, 0.1) is 3.39 Å². The fraction of sp³-hybridized carbons (Fsp3) is 0.622. The molecule has 4 aliphatic carbocycles. The van der Waals surface area contributed by atoms with Gasteiger partial charge in [-0.05, 0) is 145 Å². The zero-order valence-corrected chi connectivity index (χ0v) is 30.0. The summed E-state index contributed by atoms with van der Waals surface area (Å²) >= 11 is 7.37. The van der Waals surface area contributed by atoms with Crippen molar-refractivity contribution in [3.05, 3.63) is 70.1 Å². The quantitative estimate of drug-likeness (QED) is 0.283. The number of halogens is 2. The van der Waals surface area contributed by atoms with E-state index in [1.54, 1.807) is 0 Å². The minimum absolute atomic E-state index is 0.0412. The molecule has 0 aromatic heterocycles. The van der Waals surface area contributed by atoms with Crippen LogP contribution < -0.4 is 10.4 Å². The fourth-order valence-corrected chi connectivity index (χ4v) is 16.1. The Bertz CT molecular complexity index is 1200. The zero-order chi connectivity index (χ0) is 29.0. The lowest BCUT2D eigenvalue weighted by Crippen LogP contribution is -2.68. The van der Waals surface area contributed by atoms with Crippen LogP contribution in [0.4, 0.5) is 0 Å². The summed E-state index contributed by atoms with van der Waals surface area (Å²) in [5.74, 6) is 4.20. The van der Waals surface area contributed by atoms with Crippen molar-refractivity contribution < 1.29 is 4.43 Å². The van der Waals surface area contributed by atoms with Gasteiger partial charge in [-0.25, -0.2) is 0 Å². The smallest absolute Gasteiger partial charge is 0.261 e. The van der Waals surface area contributed by atoms with Crippen LogP contribution in [0.1, 0.15) is 92.4 Å². The molecule has 1 nitrogen and oxygen atoms in total. The van der Waals surface area contributed by atoms with Crippen molar-refractivity contribution >= 4 is 50.6 Å². The van der Waals surface area contributed by atoms with Crippen molar-refractivity contribution in [3.8, 4) is 0 Å². The van der Waals surface area contributed by atoms with Gasteiger partial charge in [0.25, 0.3) is 8.32 Å². The average molecular weight is 699 g/mol. The van der Waals surface area contributed by atoms with Gasteiger partial charge in [-0.3, -0.25) is 0 Å². The summed E-state index contributed by atoms with van der Waals surface area (Å²) in [6.07, 6.45) is 15.1. The van der Waals surface area contributed by atoms with E-state index in [0.717, 1.165) is 27.1 Å². The summed E-state index contributed by atoms with van der Waals surface area (Å²) < 4.78 is 8.85. The van der Waals surface area contributed by atoms with Crippen LogP contribution in [0.25, 0.3) is 0 Å². The van der Waals surface area contributed by atoms with Crippen LogP contribution >= 0.6 is 31.9 Å². The standard InChI is InChI=1S/C37H50Br2OSi/c1-35(2,3)41(29-12-8-6-9-13-29,30-14-10-7-11-15-30)40-28-20-22-36(4)26(24-28)16-18-31-32-19-17-27(25-34(38)39)37(32,5)23-21-33(31)36/h6-15,25-28,31-33H,16-24H2,1-5H3/t26?,27?,28?,31-,32-,33+,36-,37+/m0/s1. The Morgan fingerprint density at radius 2 is 1.37 bits per heavy atom. The Morgan fingerprint density at radius 1 is 0.780 bits per heavy atom. The monoisotopic (exact) mass is 696 g/mol. The molecule has 0 bridgehead atoms. The zero-order valence-electron chi connectivity index (χ0n) is 25.8. The summed E-state index contributed by atoms with van der Waals surface area (Å²) in [4.78, 5) is 0. The third kappa shape index (κ3) is 5.13. The predicted octanol–water partition coefficient (Wildman–Crippen LogP) is 10.2. The molecule has 4 aliphatic rings. The molecule has 0 radical (unpaired) electrons. The Labute approximate surface area is 267 Å². The topological polar surface area (TPSA) is 9.23 Å². The van der Waals surface area contributed by atoms with E-state index in [1.807, 2.05) is 0 Å². The van der Waals surface area contributed by atoms with E-state index >= 15 is 0 Å². The first-order valence-corrected chi connectivity index (χ1v) is 19.8. The molecule has 6 rings (SSSR count). The normalized spacial score (nSPS) is 37.0. The van der Waals surface area contributed by atoms with E-state index in [9.17, 15) is 0 Å². The Kier molecular flexibility index (Phi) is 8.40. The molecule has 222 valence electrons. The molecule has 0 N–H and O–H groups in total. The molecule has 4 heteroatoms. The molecule has 0 saturated heterocycles. The summed E-state index contributed by atoms with van der Waals surface area (Å²) in [6, 6.07) is 22.5. The van der Waals surface area contributed by atoms with Crippen molar-refractivity contribution in [2.45, 2.75) is 104 Å². The second kappa shape index (κ2) is 11.3. The van der Waals surface area contributed by atoms with Crippen molar-refractivity contribution in [3.63, 3.8) is 0 Å². The molecule has 2 aromatic rings. The van der Waals surface area contributed by atoms with E-state index in [4.69, 9.17) is 4.43 Å². The van der Waals surface area contributed by atoms with Crippen LogP contribution in [-0.2, 0) is 4.43 Å². The van der Waals surface area contributed by atoms with Crippen LogP contribution in [0.2, 0.25) is 5.04 Å². The molecule has 4 fully saturated rings. The lowest BCUT2D eigenvalue weighted by molar-refractivity contribution is -0.122. The van der Waals surface area contributed by atoms with Crippen LogP contribution in [0.3, 0.4) is 0 Å². The van der Waals surface area contributed by atoms with Gasteiger partial charge in [0.15, 0.2) is 0 Å². The van der Waals surface area contributed by atoms with E-state index in [-0.39, 0.29) is 5.04 Å². The largest absolute Gasteiger partial charge is 0.404 e. The lowest BCUT2D eigenvalue weighted by atomic mass is 9.44. The molecular weight excluding hydrogens is 648 g/mol. The van der Waals surface area contributed by atoms with E-state index in [0.29, 0.717) is 22.9 Å². The fourth-order valence-electron chi connectivity index (χ4n) is 10.7. The van der Waals surface area contributed by atoms with Crippen molar-refractivity contribution in [2.75, 3.05) is 0 Å². The molecule has 0 amide bonds. The highest BCUT2D eigenvalue weighted by atomic mass is 79.9. The van der Waals surface area contributed by atoms with E-state index in [1.165, 1.54) is 68.2 Å². The van der Waals surface area contributed by atoms with Crippen LogP contribution in [-0.4, -0.2) is 14.4 Å². The van der Waals surface area contributed by atoms with Crippen molar-refractivity contribution in [1.29, 1.82) is 0 Å². The van der Waals surface area contributed by atoms with E-state index in [2.05, 4.69) is 133 Å². The Hall–Kier alpha value is -0.683. The molecule has 41 heavy (non-hydrogen) atoms. The number of rotatable bonds is 5. The Morgan fingerprint density at radius 3 is 1.95 bits per heavy atom. The third-order valence-electron chi connectivity index (χ3n) is 12.8. The SMILES string of the molecule is CC(C)(C)[Si](OC1CC[C@@]2(C)C(CC[C@@H]3[C@H]2CC[C@]2(C)C(C=C(Br)Br)CC[C@@H]32)C1)(c1ccccc1)c1ccccc1. The van der Waals surface area contributed by atoms with Crippen LogP contribution in [0.15, 0.2) is 70.1 Å². The highest BCUT2D eigenvalue weighted by molar-refractivity contribution is 9.28. The number of hydrogen-bond donors (Lipinski definition) is 0. The minimum Gasteiger partial charge on any atom is -0.404 e. The molecular formula is C37H50Br2OSi. The Balaban J connectivity index is 1.26. The molecule has 2 aromatic carbocycles. The van der Waals surface area contributed by atoms with Crippen molar-refractivity contribution in [1.82, 2.24) is 0 Å². The number of benzene rings is 2. The first kappa shape index (κ1) is 30.3. The number of allylic oxidation sites excluding steroid dienone is 1. The third-order valence-corrected chi connectivity index (χ3v) is 18.4. The molecule has 0 heterocycles. The molecule has 8 atom stereocenters. The average Bonchev–Trinajstić information content (AvgIpc) is 3.27. The maximum absolute atomic E-state index is 7.71. The van der Waals surface area contributed by atoms with Gasteiger partial charge in [0, 0.05) is 6.10 Å². The van der Waals surface area contributed by atoms with Crippen LogP contribution in [0.5, 0.6) is 0 Å². The van der Waals surface area contributed by atoms with Gasteiger partial charge in [-0.15, -0.1) is 0 Å². The van der Waals surface area contributed by atoms with Crippen molar-refractivity contribution in [2.24, 2.45) is 40.4 Å². The number of hydrogen-bond acceptors (Lipinski definition) is 1. The van der Waals surface area contributed by atoms with Gasteiger partial charge in [-0.2, -0.15) is 0 Å². The molecule has 0 aliphatic heterocycles. The second-order valence-corrected chi connectivity index (χ2v) is 22.5. The van der Waals surface area contributed by atoms with Gasteiger partial charge >= 0.3 is 0 Å². The molecule has 0 spiro atoms.